The molecule has 0 bridgehead atoms. The number of nitrogens with two attached hydrogens (primary N) is 1. The van der Waals surface area contributed by atoms with Crippen molar-refractivity contribution >= 4 is 5.78 Å². The Balaban J connectivity index is 1.77. The molecule has 0 radical (unpaired) electrons. The fourth-order valence-corrected chi connectivity index (χ4v) is 2.44. The maximum Gasteiger partial charge on any atom is 0.152 e. The number of rotatable bonds is 12. The Hall–Kier alpha value is -0.370. The highest BCUT2D eigenvalue weighted by Crippen LogP contribution is 2.34. The molecule has 0 saturated heterocycles. The van der Waals surface area contributed by atoms with Crippen molar-refractivity contribution in [3.63, 3.8) is 0 Å². The zero-order chi connectivity index (χ0) is 13.3. The quantitative estimate of drug-likeness (QED) is 0.525. The lowest BCUT2D eigenvalue weighted by atomic mass is 10.0. The van der Waals surface area contributed by atoms with Crippen LogP contribution in [-0.2, 0) is 4.79 Å². The zero-order valence-corrected chi connectivity index (χ0v) is 12.2. The molecule has 0 aliphatic heterocycles. The minimum atomic E-state index is -0.390. The van der Waals surface area contributed by atoms with E-state index in [-0.39, 0.29) is 5.54 Å². The van der Waals surface area contributed by atoms with Crippen molar-refractivity contribution in [2.75, 3.05) is 0 Å². The second-order valence-electron chi connectivity index (χ2n) is 6.01. The van der Waals surface area contributed by atoms with Crippen molar-refractivity contribution in [3.05, 3.63) is 0 Å². The summed E-state index contributed by atoms with van der Waals surface area (Å²) in [5, 5.41) is 0. The van der Waals surface area contributed by atoms with Crippen molar-refractivity contribution in [2.24, 2.45) is 5.73 Å². The smallest absolute Gasteiger partial charge is 0.152 e. The number of ketones is 1. The van der Waals surface area contributed by atoms with Crippen LogP contribution in [0.4, 0.5) is 0 Å². The first kappa shape index (κ1) is 15.7. The van der Waals surface area contributed by atoms with Crippen molar-refractivity contribution in [3.8, 4) is 0 Å². The monoisotopic (exact) mass is 253 g/mol. The van der Waals surface area contributed by atoms with Crippen molar-refractivity contribution in [2.45, 2.75) is 95.9 Å². The molecular weight excluding hydrogens is 222 g/mol. The van der Waals surface area contributed by atoms with Gasteiger partial charge in [0.25, 0.3) is 0 Å². The van der Waals surface area contributed by atoms with Crippen LogP contribution in [0.25, 0.3) is 0 Å². The van der Waals surface area contributed by atoms with Gasteiger partial charge in [0.2, 0.25) is 0 Å². The van der Waals surface area contributed by atoms with E-state index in [1.165, 1.54) is 57.8 Å². The minimum Gasteiger partial charge on any atom is -0.319 e. The second kappa shape index (κ2) is 8.68. The highest BCUT2D eigenvalue weighted by Gasteiger charge is 2.44. The third-order valence-corrected chi connectivity index (χ3v) is 4.10. The van der Waals surface area contributed by atoms with Crippen LogP contribution in [-0.4, -0.2) is 11.3 Å². The minimum absolute atomic E-state index is 0.307. The molecule has 1 aliphatic carbocycles. The summed E-state index contributed by atoms with van der Waals surface area (Å²) in [5.41, 5.74) is 5.47. The SMILES string of the molecule is CCCCCCCCCCCCC(=O)C1(N)CC1. The summed E-state index contributed by atoms with van der Waals surface area (Å²) in [5.74, 6) is 0.307. The van der Waals surface area contributed by atoms with E-state index in [0.717, 1.165) is 19.3 Å². The first-order valence-corrected chi connectivity index (χ1v) is 8.01. The first-order valence-electron chi connectivity index (χ1n) is 8.01. The molecule has 18 heavy (non-hydrogen) atoms. The number of hydrogen-bond donors (Lipinski definition) is 1. The molecule has 106 valence electrons. The molecule has 0 aromatic heterocycles. The third-order valence-electron chi connectivity index (χ3n) is 4.10. The number of carbonyl (C=O) groups excluding carboxylic acids is 1. The van der Waals surface area contributed by atoms with Gasteiger partial charge in [0.1, 0.15) is 0 Å². The van der Waals surface area contributed by atoms with Crippen LogP contribution in [0.2, 0.25) is 0 Å². The van der Waals surface area contributed by atoms with Gasteiger partial charge < -0.3 is 5.73 Å². The van der Waals surface area contributed by atoms with Crippen LogP contribution in [0.5, 0.6) is 0 Å². The average Bonchev–Trinajstić information content (AvgIpc) is 3.11. The molecule has 2 N–H and O–H groups in total. The summed E-state index contributed by atoms with van der Waals surface area (Å²) in [6.07, 6.45) is 15.7. The van der Waals surface area contributed by atoms with E-state index >= 15 is 0 Å². The standard InChI is InChI=1S/C16H31NO/c1-2-3-4-5-6-7-8-9-10-11-12-15(18)16(17)13-14-16/h2-14,17H2,1H3. The highest BCUT2D eigenvalue weighted by molar-refractivity contribution is 5.90. The fourth-order valence-electron chi connectivity index (χ4n) is 2.44. The van der Waals surface area contributed by atoms with E-state index in [0.29, 0.717) is 12.2 Å². The van der Waals surface area contributed by atoms with Crippen LogP contribution >= 0.6 is 0 Å². The Kier molecular flexibility index (Phi) is 7.57. The van der Waals surface area contributed by atoms with Crippen LogP contribution in [0.3, 0.4) is 0 Å². The molecule has 1 fully saturated rings. The molecule has 1 aliphatic rings. The Morgan fingerprint density at radius 3 is 1.78 bits per heavy atom. The van der Waals surface area contributed by atoms with E-state index in [9.17, 15) is 4.79 Å². The molecule has 0 atom stereocenters. The second-order valence-corrected chi connectivity index (χ2v) is 6.01. The van der Waals surface area contributed by atoms with Gasteiger partial charge in [0.05, 0.1) is 5.54 Å². The van der Waals surface area contributed by atoms with Crippen LogP contribution in [0, 0.1) is 0 Å². The maximum absolute atomic E-state index is 11.6. The molecule has 0 unspecified atom stereocenters. The van der Waals surface area contributed by atoms with Crippen molar-refractivity contribution in [1.29, 1.82) is 0 Å². The van der Waals surface area contributed by atoms with Gasteiger partial charge in [-0.05, 0) is 19.3 Å². The predicted octanol–water partition coefficient (Wildman–Crippen LogP) is 4.36. The Bertz CT molecular complexity index is 233. The molecule has 1 rings (SSSR count). The number of unbranched alkanes of at least 4 members (excludes halogenated alkanes) is 9. The van der Waals surface area contributed by atoms with E-state index in [1.54, 1.807) is 0 Å². The summed E-state index contributed by atoms with van der Waals surface area (Å²) in [4.78, 5) is 11.6. The van der Waals surface area contributed by atoms with Crippen molar-refractivity contribution < 1.29 is 4.79 Å². The highest BCUT2D eigenvalue weighted by atomic mass is 16.1. The Labute approximate surface area is 113 Å². The van der Waals surface area contributed by atoms with Gasteiger partial charge in [-0.25, -0.2) is 0 Å². The molecule has 2 nitrogen and oxygen atoms in total. The first-order chi connectivity index (χ1) is 8.69. The molecule has 1 saturated carbocycles. The van der Waals surface area contributed by atoms with Gasteiger partial charge >= 0.3 is 0 Å². The lowest BCUT2D eigenvalue weighted by Crippen LogP contribution is -2.32. The van der Waals surface area contributed by atoms with Crippen LogP contribution in [0.15, 0.2) is 0 Å². The van der Waals surface area contributed by atoms with Crippen LogP contribution in [0.1, 0.15) is 90.4 Å². The van der Waals surface area contributed by atoms with Gasteiger partial charge in [-0.1, -0.05) is 64.7 Å². The van der Waals surface area contributed by atoms with E-state index in [1.807, 2.05) is 0 Å². The lowest BCUT2D eigenvalue weighted by Gasteiger charge is -2.06. The third kappa shape index (κ3) is 6.53. The van der Waals surface area contributed by atoms with Gasteiger partial charge in [0.15, 0.2) is 5.78 Å². The van der Waals surface area contributed by atoms with Gasteiger partial charge in [0, 0.05) is 6.42 Å². The van der Waals surface area contributed by atoms with Gasteiger partial charge in [-0.3, -0.25) is 4.79 Å². The Morgan fingerprint density at radius 2 is 1.33 bits per heavy atom. The summed E-state index contributed by atoms with van der Waals surface area (Å²) >= 11 is 0. The molecule has 0 aromatic carbocycles. The maximum atomic E-state index is 11.6. The van der Waals surface area contributed by atoms with E-state index < -0.39 is 0 Å². The Morgan fingerprint density at radius 1 is 0.889 bits per heavy atom. The molecular formula is C16H31NO. The predicted molar refractivity (Wildman–Crippen MR) is 77.6 cm³/mol. The summed E-state index contributed by atoms with van der Waals surface area (Å²) in [6.45, 7) is 2.26. The van der Waals surface area contributed by atoms with Gasteiger partial charge in [-0.15, -0.1) is 0 Å². The molecule has 0 spiro atoms. The number of carbonyl (C=O) groups is 1. The largest absolute Gasteiger partial charge is 0.319 e. The normalized spacial score (nSPS) is 16.8. The summed E-state index contributed by atoms with van der Waals surface area (Å²) in [7, 11) is 0. The summed E-state index contributed by atoms with van der Waals surface area (Å²) < 4.78 is 0. The molecule has 0 heterocycles. The molecule has 2 heteroatoms. The molecule has 0 amide bonds. The number of Topliss-reactive ketones (excluding diaryl/α,β-unsaturated/α-hetero) is 1. The average molecular weight is 253 g/mol. The van der Waals surface area contributed by atoms with Crippen LogP contribution < -0.4 is 5.73 Å². The van der Waals surface area contributed by atoms with E-state index in [2.05, 4.69) is 6.92 Å². The number of hydrogen-bond acceptors (Lipinski definition) is 2. The van der Waals surface area contributed by atoms with Gasteiger partial charge in [-0.2, -0.15) is 0 Å². The van der Waals surface area contributed by atoms with Crippen molar-refractivity contribution in [1.82, 2.24) is 0 Å². The summed E-state index contributed by atoms with van der Waals surface area (Å²) in [6, 6.07) is 0. The fraction of sp³-hybridized carbons (Fsp3) is 0.938. The molecule has 0 aromatic rings. The lowest BCUT2D eigenvalue weighted by molar-refractivity contribution is -0.121. The van der Waals surface area contributed by atoms with E-state index in [4.69, 9.17) is 5.73 Å². The topological polar surface area (TPSA) is 43.1 Å². The zero-order valence-electron chi connectivity index (χ0n) is 12.2.